The fourth-order valence-electron chi connectivity index (χ4n) is 4.02. The van der Waals surface area contributed by atoms with E-state index in [0.717, 1.165) is 31.4 Å². The van der Waals surface area contributed by atoms with Crippen LogP contribution < -0.4 is 17.0 Å². The molecule has 0 radical (unpaired) electrons. The maximum atomic E-state index is 13.4. The summed E-state index contributed by atoms with van der Waals surface area (Å²) in [6.45, 7) is 6.16. The first-order valence-electron chi connectivity index (χ1n) is 10.0. The van der Waals surface area contributed by atoms with Gasteiger partial charge in [-0.25, -0.2) is 9.78 Å². The van der Waals surface area contributed by atoms with E-state index in [0.29, 0.717) is 43.3 Å². The molecule has 1 aliphatic heterocycles. The summed E-state index contributed by atoms with van der Waals surface area (Å²) >= 11 is 0. The van der Waals surface area contributed by atoms with Crippen molar-refractivity contribution in [3.05, 3.63) is 38.2 Å². The van der Waals surface area contributed by atoms with Crippen molar-refractivity contribution in [3.63, 3.8) is 0 Å². The van der Waals surface area contributed by atoms with Crippen LogP contribution in [0.2, 0.25) is 0 Å². The second kappa shape index (κ2) is 7.91. The highest BCUT2D eigenvalue weighted by Gasteiger charge is 2.37. The SMILES string of the molecule is CCCn1c(=O)[nH]c(=O)c2c(C(=O)N3CCC(C)(CN)C3)cc(C3CC3)nc21.Cl. The van der Waals surface area contributed by atoms with Gasteiger partial charge in [-0.3, -0.25) is 19.1 Å². The number of nitrogens with zero attached hydrogens (tertiary/aromatic N) is 3. The highest BCUT2D eigenvalue weighted by Crippen LogP contribution is 2.40. The average molecular weight is 422 g/mol. The Morgan fingerprint density at radius 1 is 1.38 bits per heavy atom. The highest BCUT2D eigenvalue weighted by molar-refractivity contribution is 6.05. The average Bonchev–Trinajstić information content (AvgIpc) is 3.45. The Morgan fingerprint density at radius 3 is 2.69 bits per heavy atom. The Labute approximate surface area is 174 Å². The van der Waals surface area contributed by atoms with Crippen LogP contribution in [0.4, 0.5) is 0 Å². The number of nitrogens with two attached hydrogens (primary N) is 1. The lowest BCUT2D eigenvalue weighted by Gasteiger charge is -2.23. The summed E-state index contributed by atoms with van der Waals surface area (Å²) in [6.07, 6.45) is 3.59. The number of carbonyl (C=O) groups is 1. The van der Waals surface area contributed by atoms with E-state index in [2.05, 4.69) is 16.9 Å². The van der Waals surface area contributed by atoms with E-state index >= 15 is 0 Å². The van der Waals surface area contributed by atoms with Crippen molar-refractivity contribution in [2.45, 2.75) is 52.0 Å². The minimum Gasteiger partial charge on any atom is -0.338 e. The maximum Gasteiger partial charge on any atom is 0.329 e. The quantitative estimate of drug-likeness (QED) is 0.761. The van der Waals surface area contributed by atoms with Crippen LogP contribution in [0.25, 0.3) is 11.0 Å². The molecule has 158 valence electrons. The van der Waals surface area contributed by atoms with Gasteiger partial charge >= 0.3 is 5.69 Å². The van der Waals surface area contributed by atoms with E-state index in [1.54, 1.807) is 11.0 Å². The highest BCUT2D eigenvalue weighted by atomic mass is 35.5. The number of aromatic nitrogens is 3. The molecular formula is C20H28ClN5O3. The summed E-state index contributed by atoms with van der Waals surface area (Å²) in [6, 6.07) is 1.76. The Balaban J connectivity index is 0.00000240. The largest absolute Gasteiger partial charge is 0.338 e. The van der Waals surface area contributed by atoms with E-state index in [4.69, 9.17) is 5.73 Å². The molecule has 0 bridgehead atoms. The Bertz CT molecular complexity index is 1060. The molecule has 2 fully saturated rings. The van der Waals surface area contributed by atoms with Gasteiger partial charge in [0.15, 0.2) is 5.65 Å². The van der Waals surface area contributed by atoms with Crippen LogP contribution >= 0.6 is 12.4 Å². The number of halogens is 1. The third kappa shape index (κ3) is 3.83. The summed E-state index contributed by atoms with van der Waals surface area (Å²) < 4.78 is 1.48. The van der Waals surface area contributed by atoms with Gasteiger partial charge in [0.25, 0.3) is 11.5 Å². The number of aryl methyl sites for hydroxylation is 1. The second-order valence-corrected chi connectivity index (χ2v) is 8.47. The van der Waals surface area contributed by atoms with Gasteiger partial charge < -0.3 is 10.6 Å². The number of rotatable bonds is 5. The van der Waals surface area contributed by atoms with E-state index in [1.165, 1.54) is 4.57 Å². The van der Waals surface area contributed by atoms with Gasteiger partial charge in [0.05, 0.1) is 10.9 Å². The van der Waals surface area contributed by atoms with E-state index in [1.807, 2.05) is 6.92 Å². The fraction of sp³-hybridized carbons (Fsp3) is 0.600. The van der Waals surface area contributed by atoms with Crippen molar-refractivity contribution in [2.75, 3.05) is 19.6 Å². The molecule has 2 aliphatic rings. The normalized spacial score (nSPS) is 21.4. The van der Waals surface area contributed by atoms with Gasteiger partial charge in [-0.2, -0.15) is 0 Å². The zero-order chi connectivity index (χ0) is 20.1. The number of amides is 1. The number of hydrogen-bond acceptors (Lipinski definition) is 5. The molecule has 9 heteroatoms. The summed E-state index contributed by atoms with van der Waals surface area (Å²) in [5.41, 5.74) is 6.22. The van der Waals surface area contributed by atoms with Gasteiger partial charge in [-0.15, -0.1) is 12.4 Å². The topological polar surface area (TPSA) is 114 Å². The summed E-state index contributed by atoms with van der Waals surface area (Å²) in [5, 5.41) is 0.212. The van der Waals surface area contributed by atoms with Crippen LogP contribution in [0.1, 0.15) is 61.5 Å². The Kier molecular flexibility index (Phi) is 5.87. The van der Waals surface area contributed by atoms with Crippen molar-refractivity contribution in [1.82, 2.24) is 19.4 Å². The molecule has 8 nitrogen and oxygen atoms in total. The first kappa shape index (κ1) is 21.5. The lowest BCUT2D eigenvalue weighted by atomic mass is 9.90. The number of carbonyl (C=O) groups excluding carboxylic acids is 1. The van der Waals surface area contributed by atoms with Crippen LogP contribution in [-0.2, 0) is 6.54 Å². The van der Waals surface area contributed by atoms with E-state index in [-0.39, 0.29) is 29.1 Å². The number of fused-ring (bicyclic) bond motifs is 1. The monoisotopic (exact) mass is 421 g/mol. The number of nitrogens with one attached hydrogen (secondary N) is 1. The minimum atomic E-state index is -0.550. The van der Waals surface area contributed by atoms with E-state index in [9.17, 15) is 14.4 Å². The standard InChI is InChI=1S/C20H27N5O3.ClH/c1-3-7-25-16-15(17(26)23-19(25)28)13(9-14(22-16)12-4-5-12)18(27)24-8-6-20(2,10-21)11-24;/h9,12H,3-8,10-11,21H2,1-2H3,(H,23,26,28);1H. The lowest BCUT2D eigenvalue weighted by Crippen LogP contribution is -2.36. The fourth-order valence-corrected chi connectivity index (χ4v) is 4.02. The van der Waals surface area contributed by atoms with Crippen LogP contribution in [0.5, 0.6) is 0 Å². The molecule has 3 heterocycles. The summed E-state index contributed by atoms with van der Waals surface area (Å²) in [4.78, 5) is 47.2. The molecule has 0 aromatic carbocycles. The number of aromatic amines is 1. The van der Waals surface area contributed by atoms with Crippen molar-refractivity contribution in [3.8, 4) is 0 Å². The summed E-state index contributed by atoms with van der Waals surface area (Å²) in [7, 11) is 0. The van der Waals surface area contributed by atoms with Gasteiger partial charge in [-0.05, 0) is 43.7 Å². The first-order valence-corrected chi connectivity index (χ1v) is 10.0. The molecule has 2 aromatic heterocycles. The predicted octanol–water partition coefficient (Wildman–Crippen LogP) is 1.60. The van der Waals surface area contributed by atoms with Gasteiger partial charge in [0.1, 0.15) is 0 Å². The van der Waals surface area contributed by atoms with Crippen LogP contribution in [-0.4, -0.2) is 45.0 Å². The molecule has 29 heavy (non-hydrogen) atoms. The molecule has 1 unspecified atom stereocenters. The Hall–Kier alpha value is -2.19. The van der Waals surface area contributed by atoms with Crippen molar-refractivity contribution in [2.24, 2.45) is 11.1 Å². The predicted molar refractivity (Wildman–Crippen MR) is 114 cm³/mol. The van der Waals surface area contributed by atoms with E-state index < -0.39 is 11.2 Å². The van der Waals surface area contributed by atoms with Crippen molar-refractivity contribution >= 4 is 29.3 Å². The lowest BCUT2D eigenvalue weighted by molar-refractivity contribution is 0.0778. The first-order chi connectivity index (χ1) is 13.4. The molecule has 3 N–H and O–H groups in total. The van der Waals surface area contributed by atoms with Crippen LogP contribution in [0.15, 0.2) is 15.7 Å². The zero-order valence-electron chi connectivity index (χ0n) is 16.9. The zero-order valence-corrected chi connectivity index (χ0v) is 17.7. The number of H-pyrrole nitrogens is 1. The molecule has 1 amide bonds. The molecular weight excluding hydrogens is 394 g/mol. The molecule has 1 saturated carbocycles. The smallest absolute Gasteiger partial charge is 0.329 e. The number of likely N-dealkylation sites (tertiary alicyclic amines) is 1. The minimum absolute atomic E-state index is 0. The summed E-state index contributed by atoms with van der Waals surface area (Å²) in [5.74, 6) is 0.118. The van der Waals surface area contributed by atoms with Gasteiger partial charge in [0.2, 0.25) is 0 Å². The molecule has 1 saturated heterocycles. The molecule has 1 atom stereocenters. The molecule has 1 aliphatic carbocycles. The molecule has 0 spiro atoms. The number of pyridine rings is 1. The molecule has 2 aromatic rings. The van der Waals surface area contributed by atoms with Crippen molar-refractivity contribution < 1.29 is 4.79 Å². The number of hydrogen-bond donors (Lipinski definition) is 2. The third-order valence-electron chi connectivity index (χ3n) is 5.98. The third-order valence-corrected chi connectivity index (χ3v) is 5.98. The van der Waals surface area contributed by atoms with Gasteiger partial charge in [-0.1, -0.05) is 13.8 Å². The van der Waals surface area contributed by atoms with Crippen molar-refractivity contribution in [1.29, 1.82) is 0 Å². The maximum absolute atomic E-state index is 13.4. The Morgan fingerprint density at radius 2 is 2.10 bits per heavy atom. The van der Waals surface area contributed by atoms with Gasteiger partial charge in [0, 0.05) is 31.2 Å². The van der Waals surface area contributed by atoms with Crippen LogP contribution in [0.3, 0.4) is 0 Å². The second-order valence-electron chi connectivity index (χ2n) is 8.47. The molecule has 4 rings (SSSR count). The van der Waals surface area contributed by atoms with Crippen LogP contribution in [0, 0.1) is 5.41 Å².